The molecule has 2 aromatic rings. The molecule has 0 saturated carbocycles. The van der Waals surface area contributed by atoms with Crippen molar-refractivity contribution >= 4 is 22.2 Å². The zero-order valence-electron chi connectivity index (χ0n) is 14.3. The van der Waals surface area contributed by atoms with Crippen molar-refractivity contribution in [2.75, 3.05) is 18.4 Å². The number of carbonyl (C=O) groups excluding carboxylic acids is 1. The highest BCUT2D eigenvalue weighted by molar-refractivity contribution is 7.19. The van der Waals surface area contributed by atoms with Crippen LogP contribution in [-0.2, 0) is 11.0 Å². The molecule has 1 aliphatic heterocycles. The molecule has 1 aliphatic rings. The number of hydrogen-bond donors (Lipinski definition) is 1. The molecular formula is C19H19F3N2OS. The Morgan fingerprint density at radius 3 is 2.38 bits per heavy atom. The number of alkyl halides is 3. The van der Waals surface area contributed by atoms with E-state index in [0.717, 1.165) is 48.6 Å². The second-order valence-corrected chi connectivity index (χ2v) is 7.29. The van der Waals surface area contributed by atoms with E-state index in [1.807, 2.05) is 6.92 Å². The number of nitrogens with one attached hydrogen (secondary N) is 1. The van der Waals surface area contributed by atoms with E-state index in [4.69, 9.17) is 0 Å². The van der Waals surface area contributed by atoms with Gasteiger partial charge in [-0.2, -0.15) is 13.2 Å². The van der Waals surface area contributed by atoms with Gasteiger partial charge in [0.15, 0.2) is 0 Å². The maximum absolute atomic E-state index is 12.6. The smallest absolute Gasteiger partial charge is 0.375 e. The lowest BCUT2D eigenvalue weighted by molar-refractivity contribution is -0.137. The fourth-order valence-corrected chi connectivity index (χ4v) is 3.81. The van der Waals surface area contributed by atoms with Gasteiger partial charge in [-0.15, -0.1) is 11.3 Å². The topological polar surface area (TPSA) is 32.3 Å². The molecule has 0 spiro atoms. The Kier molecular flexibility index (Phi) is 5.36. The van der Waals surface area contributed by atoms with Crippen molar-refractivity contribution in [1.82, 2.24) is 4.90 Å². The number of thiophene rings is 1. The fraction of sp³-hybridized carbons (Fsp3) is 0.316. The quantitative estimate of drug-likeness (QED) is 0.723. The zero-order valence-corrected chi connectivity index (χ0v) is 15.1. The van der Waals surface area contributed by atoms with Crippen LogP contribution in [0, 0.1) is 0 Å². The first kappa shape index (κ1) is 18.5. The van der Waals surface area contributed by atoms with E-state index in [0.29, 0.717) is 10.6 Å². The van der Waals surface area contributed by atoms with Gasteiger partial charge >= 0.3 is 6.18 Å². The van der Waals surface area contributed by atoms with Crippen molar-refractivity contribution in [1.29, 1.82) is 0 Å². The Balaban J connectivity index is 1.66. The van der Waals surface area contributed by atoms with Crippen molar-refractivity contribution in [2.24, 2.45) is 0 Å². The van der Waals surface area contributed by atoms with Gasteiger partial charge in [-0.05, 0) is 49.6 Å². The summed E-state index contributed by atoms with van der Waals surface area (Å²) in [5.41, 5.74) is 0.959. The third-order valence-electron chi connectivity index (χ3n) is 4.29. The molecule has 2 heterocycles. The van der Waals surface area contributed by atoms with E-state index in [2.05, 4.69) is 10.2 Å². The summed E-state index contributed by atoms with van der Waals surface area (Å²) in [4.78, 5) is 15.1. The van der Waals surface area contributed by atoms with Crippen LogP contribution in [0.25, 0.3) is 10.4 Å². The number of anilines is 1. The van der Waals surface area contributed by atoms with E-state index >= 15 is 0 Å². The lowest BCUT2D eigenvalue weighted by atomic mass is 10.1. The summed E-state index contributed by atoms with van der Waals surface area (Å²) in [6.07, 6.45) is -0.460. The summed E-state index contributed by atoms with van der Waals surface area (Å²) in [5, 5.41) is 3.48. The standard InChI is InChI=1S/C19H19F3N2OS/c1-13(24-10-2-3-11-24)12-17(25)23-18-9-8-16(26-18)14-4-6-15(7-5-14)19(20,21)22/h4-9,12H,2-3,10-11H2,1H3,(H,23,25). The van der Waals surface area contributed by atoms with Crippen LogP contribution < -0.4 is 5.32 Å². The number of carbonyl (C=O) groups is 1. The number of hydrogen-bond acceptors (Lipinski definition) is 3. The minimum absolute atomic E-state index is 0.199. The summed E-state index contributed by atoms with van der Waals surface area (Å²) in [6, 6.07) is 8.56. The summed E-state index contributed by atoms with van der Waals surface area (Å²) in [7, 11) is 0. The Labute approximate surface area is 154 Å². The molecule has 7 heteroatoms. The van der Waals surface area contributed by atoms with Crippen LogP contribution in [0.4, 0.5) is 18.2 Å². The van der Waals surface area contributed by atoms with Gasteiger partial charge in [0.2, 0.25) is 0 Å². The van der Waals surface area contributed by atoms with Crippen LogP contribution in [-0.4, -0.2) is 23.9 Å². The minimum atomic E-state index is -4.34. The Bertz CT molecular complexity index is 803. The van der Waals surface area contributed by atoms with Crippen molar-refractivity contribution in [3.05, 3.63) is 53.7 Å². The molecule has 26 heavy (non-hydrogen) atoms. The van der Waals surface area contributed by atoms with Gasteiger partial charge in [0.1, 0.15) is 0 Å². The van der Waals surface area contributed by atoms with Gasteiger partial charge < -0.3 is 10.2 Å². The molecule has 0 bridgehead atoms. The van der Waals surface area contributed by atoms with Crippen LogP contribution >= 0.6 is 11.3 Å². The van der Waals surface area contributed by atoms with Crippen LogP contribution in [0.1, 0.15) is 25.3 Å². The van der Waals surface area contributed by atoms with Crippen molar-refractivity contribution in [3.8, 4) is 10.4 Å². The van der Waals surface area contributed by atoms with Crippen LogP contribution in [0.2, 0.25) is 0 Å². The fourth-order valence-electron chi connectivity index (χ4n) is 2.89. The maximum Gasteiger partial charge on any atom is 0.416 e. The maximum atomic E-state index is 12.6. The third-order valence-corrected chi connectivity index (χ3v) is 5.34. The van der Waals surface area contributed by atoms with E-state index < -0.39 is 11.7 Å². The summed E-state index contributed by atoms with van der Waals surface area (Å²) < 4.78 is 37.9. The lowest BCUT2D eigenvalue weighted by Crippen LogP contribution is -2.19. The van der Waals surface area contributed by atoms with E-state index in [-0.39, 0.29) is 5.91 Å². The molecule has 0 aliphatic carbocycles. The van der Waals surface area contributed by atoms with Crippen LogP contribution in [0.15, 0.2) is 48.2 Å². The number of benzene rings is 1. The summed E-state index contributed by atoms with van der Waals surface area (Å²) in [5.74, 6) is -0.199. The average Bonchev–Trinajstić information content (AvgIpc) is 3.26. The van der Waals surface area contributed by atoms with Crippen molar-refractivity contribution in [2.45, 2.75) is 25.9 Å². The normalized spacial score (nSPS) is 15.4. The molecule has 1 aromatic heterocycles. The molecule has 1 aromatic carbocycles. The monoisotopic (exact) mass is 380 g/mol. The Hall–Kier alpha value is -2.28. The number of allylic oxidation sites excluding steroid dienone is 1. The first-order chi connectivity index (χ1) is 12.3. The molecule has 0 radical (unpaired) electrons. The SMILES string of the molecule is CC(=CC(=O)Nc1ccc(-c2ccc(C(F)(F)F)cc2)s1)N1CCCC1. The van der Waals surface area contributed by atoms with Gasteiger partial charge in [0.25, 0.3) is 5.91 Å². The molecule has 1 saturated heterocycles. The van der Waals surface area contributed by atoms with E-state index in [1.54, 1.807) is 18.2 Å². The van der Waals surface area contributed by atoms with Gasteiger partial charge in [0.05, 0.1) is 10.6 Å². The molecule has 1 amide bonds. The Morgan fingerprint density at radius 2 is 1.77 bits per heavy atom. The molecular weight excluding hydrogens is 361 g/mol. The highest BCUT2D eigenvalue weighted by Crippen LogP contribution is 2.34. The molecule has 1 fully saturated rings. The van der Waals surface area contributed by atoms with Crippen molar-refractivity contribution < 1.29 is 18.0 Å². The van der Waals surface area contributed by atoms with Gasteiger partial charge in [-0.1, -0.05) is 12.1 Å². The lowest BCUT2D eigenvalue weighted by Gasteiger charge is -2.17. The molecule has 138 valence electrons. The number of likely N-dealkylation sites (tertiary alicyclic amines) is 1. The second kappa shape index (κ2) is 7.53. The summed E-state index contributed by atoms with van der Waals surface area (Å²) >= 11 is 1.33. The third kappa shape index (κ3) is 4.46. The first-order valence-electron chi connectivity index (χ1n) is 8.34. The van der Waals surface area contributed by atoms with Gasteiger partial charge in [-0.3, -0.25) is 4.79 Å². The average molecular weight is 380 g/mol. The van der Waals surface area contributed by atoms with E-state index in [1.165, 1.54) is 23.5 Å². The van der Waals surface area contributed by atoms with Crippen LogP contribution in [0.5, 0.6) is 0 Å². The molecule has 3 nitrogen and oxygen atoms in total. The van der Waals surface area contributed by atoms with Gasteiger partial charge in [0, 0.05) is 29.7 Å². The van der Waals surface area contributed by atoms with Gasteiger partial charge in [-0.25, -0.2) is 0 Å². The second-order valence-electron chi connectivity index (χ2n) is 6.21. The molecule has 3 rings (SSSR count). The molecule has 0 atom stereocenters. The van der Waals surface area contributed by atoms with Crippen LogP contribution in [0.3, 0.4) is 0 Å². The molecule has 0 unspecified atom stereocenters. The highest BCUT2D eigenvalue weighted by Gasteiger charge is 2.30. The Morgan fingerprint density at radius 1 is 1.12 bits per heavy atom. The highest BCUT2D eigenvalue weighted by atomic mass is 32.1. The van der Waals surface area contributed by atoms with E-state index in [9.17, 15) is 18.0 Å². The minimum Gasteiger partial charge on any atom is -0.375 e. The predicted octanol–water partition coefficient (Wildman–Crippen LogP) is 5.37. The largest absolute Gasteiger partial charge is 0.416 e. The summed E-state index contributed by atoms with van der Waals surface area (Å²) in [6.45, 7) is 3.88. The molecule has 1 N–H and O–H groups in total. The predicted molar refractivity (Wildman–Crippen MR) is 98.0 cm³/mol. The number of amides is 1. The number of halogens is 3. The first-order valence-corrected chi connectivity index (χ1v) is 9.16. The zero-order chi connectivity index (χ0) is 18.7. The number of rotatable bonds is 4. The number of nitrogens with zero attached hydrogens (tertiary/aromatic N) is 1. The van der Waals surface area contributed by atoms with Crippen molar-refractivity contribution in [3.63, 3.8) is 0 Å².